The summed E-state index contributed by atoms with van der Waals surface area (Å²) in [7, 11) is 3.75. The van der Waals surface area contributed by atoms with Crippen molar-refractivity contribution in [1.29, 1.82) is 0 Å². The SMILES string of the molecule is CCOc1ccc(C(CN)N(C)Cc2ccccc2)cc1OC. The van der Waals surface area contributed by atoms with Gasteiger partial charge in [0.25, 0.3) is 0 Å². The van der Waals surface area contributed by atoms with E-state index in [0.29, 0.717) is 13.2 Å². The van der Waals surface area contributed by atoms with Crippen molar-refractivity contribution in [3.05, 3.63) is 59.7 Å². The number of nitrogens with zero attached hydrogens (tertiary/aromatic N) is 1. The molecule has 4 nitrogen and oxygen atoms in total. The number of rotatable bonds is 8. The van der Waals surface area contributed by atoms with Gasteiger partial charge >= 0.3 is 0 Å². The van der Waals surface area contributed by atoms with Gasteiger partial charge in [-0.15, -0.1) is 0 Å². The summed E-state index contributed by atoms with van der Waals surface area (Å²) in [5.74, 6) is 1.51. The molecule has 2 aromatic rings. The van der Waals surface area contributed by atoms with Crippen LogP contribution in [0.4, 0.5) is 0 Å². The third kappa shape index (κ3) is 4.47. The Morgan fingerprint density at radius 3 is 2.43 bits per heavy atom. The third-order valence-corrected chi connectivity index (χ3v) is 3.90. The van der Waals surface area contributed by atoms with Crippen LogP contribution in [0.25, 0.3) is 0 Å². The van der Waals surface area contributed by atoms with E-state index < -0.39 is 0 Å². The van der Waals surface area contributed by atoms with Gasteiger partial charge in [-0.3, -0.25) is 4.90 Å². The van der Waals surface area contributed by atoms with E-state index >= 15 is 0 Å². The minimum Gasteiger partial charge on any atom is -0.493 e. The molecular formula is C19H26N2O2. The first-order valence-corrected chi connectivity index (χ1v) is 7.94. The third-order valence-electron chi connectivity index (χ3n) is 3.90. The predicted molar refractivity (Wildman–Crippen MR) is 93.9 cm³/mol. The van der Waals surface area contributed by atoms with E-state index in [1.165, 1.54) is 5.56 Å². The second kappa shape index (κ2) is 8.56. The van der Waals surface area contributed by atoms with Crippen molar-refractivity contribution in [2.75, 3.05) is 27.3 Å². The number of hydrogen-bond acceptors (Lipinski definition) is 4. The van der Waals surface area contributed by atoms with Crippen LogP contribution in [0.2, 0.25) is 0 Å². The fourth-order valence-corrected chi connectivity index (χ4v) is 2.72. The van der Waals surface area contributed by atoms with Gasteiger partial charge in [0.15, 0.2) is 11.5 Å². The van der Waals surface area contributed by atoms with Crippen molar-refractivity contribution in [2.24, 2.45) is 5.73 Å². The molecule has 4 heteroatoms. The smallest absolute Gasteiger partial charge is 0.161 e. The molecule has 1 atom stereocenters. The molecule has 23 heavy (non-hydrogen) atoms. The number of ether oxygens (including phenoxy) is 2. The second-order valence-corrected chi connectivity index (χ2v) is 5.50. The van der Waals surface area contributed by atoms with Gasteiger partial charge in [0.05, 0.1) is 13.7 Å². The Hall–Kier alpha value is -2.04. The molecule has 0 aliphatic carbocycles. The summed E-state index contributed by atoms with van der Waals surface area (Å²) in [5, 5.41) is 0. The molecule has 0 saturated carbocycles. The van der Waals surface area contributed by atoms with E-state index in [0.717, 1.165) is 23.6 Å². The number of nitrogens with two attached hydrogens (primary N) is 1. The zero-order chi connectivity index (χ0) is 16.7. The van der Waals surface area contributed by atoms with Crippen molar-refractivity contribution >= 4 is 0 Å². The van der Waals surface area contributed by atoms with Crippen LogP contribution in [0.5, 0.6) is 11.5 Å². The first-order valence-electron chi connectivity index (χ1n) is 7.94. The topological polar surface area (TPSA) is 47.7 Å². The second-order valence-electron chi connectivity index (χ2n) is 5.50. The molecule has 0 saturated heterocycles. The summed E-state index contributed by atoms with van der Waals surface area (Å²) >= 11 is 0. The molecule has 0 bridgehead atoms. The van der Waals surface area contributed by atoms with Gasteiger partial charge in [0, 0.05) is 19.1 Å². The molecule has 0 aliphatic rings. The van der Waals surface area contributed by atoms with Crippen molar-refractivity contribution < 1.29 is 9.47 Å². The van der Waals surface area contributed by atoms with Crippen LogP contribution >= 0.6 is 0 Å². The van der Waals surface area contributed by atoms with Gasteiger partial charge in [-0.2, -0.15) is 0 Å². The summed E-state index contributed by atoms with van der Waals surface area (Å²) in [5.41, 5.74) is 8.43. The van der Waals surface area contributed by atoms with Crippen LogP contribution in [0.1, 0.15) is 24.1 Å². The molecule has 0 aliphatic heterocycles. The van der Waals surface area contributed by atoms with Crippen LogP contribution in [0.3, 0.4) is 0 Å². The van der Waals surface area contributed by atoms with Crippen molar-refractivity contribution in [3.63, 3.8) is 0 Å². The van der Waals surface area contributed by atoms with Crippen molar-refractivity contribution in [2.45, 2.75) is 19.5 Å². The average Bonchev–Trinajstić information content (AvgIpc) is 2.57. The van der Waals surface area contributed by atoms with E-state index in [2.05, 4.69) is 42.3 Å². The maximum Gasteiger partial charge on any atom is 0.161 e. The summed E-state index contributed by atoms with van der Waals surface area (Å²) < 4.78 is 11.0. The van der Waals surface area contributed by atoms with E-state index in [9.17, 15) is 0 Å². The first-order chi connectivity index (χ1) is 11.2. The first kappa shape index (κ1) is 17.3. The number of methoxy groups -OCH3 is 1. The van der Waals surface area contributed by atoms with Gasteiger partial charge < -0.3 is 15.2 Å². The molecular weight excluding hydrogens is 288 g/mol. The molecule has 0 amide bonds. The van der Waals surface area contributed by atoms with Gasteiger partial charge in [0.1, 0.15) is 0 Å². The molecule has 0 spiro atoms. The lowest BCUT2D eigenvalue weighted by atomic mass is 10.0. The average molecular weight is 314 g/mol. The van der Waals surface area contributed by atoms with Gasteiger partial charge in [-0.25, -0.2) is 0 Å². The largest absolute Gasteiger partial charge is 0.493 e. The molecule has 2 rings (SSSR count). The van der Waals surface area contributed by atoms with Gasteiger partial charge in [-0.05, 0) is 37.2 Å². The van der Waals surface area contributed by atoms with Crippen LogP contribution in [-0.2, 0) is 6.54 Å². The molecule has 0 radical (unpaired) electrons. The van der Waals surface area contributed by atoms with Crippen molar-refractivity contribution in [3.8, 4) is 11.5 Å². The molecule has 0 aromatic heterocycles. The minimum atomic E-state index is 0.125. The fraction of sp³-hybridized carbons (Fsp3) is 0.368. The van der Waals surface area contributed by atoms with Crippen LogP contribution in [0.15, 0.2) is 48.5 Å². The highest BCUT2D eigenvalue weighted by Crippen LogP contribution is 2.32. The zero-order valence-corrected chi connectivity index (χ0v) is 14.2. The summed E-state index contributed by atoms with van der Waals surface area (Å²) in [6.07, 6.45) is 0. The number of likely N-dealkylation sites (N-methyl/N-ethyl adjacent to an activating group) is 1. The Bertz CT molecular complexity index is 602. The van der Waals surface area contributed by atoms with E-state index in [-0.39, 0.29) is 6.04 Å². The summed E-state index contributed by atoms with van der Waals surface area (Å²) in [6.45, 7) is 3.96. The number of hydrogen-bond donors (Lipinski definition) is 1. The quantitative estimate of drug-likeness (QED) is 0.813. The highest BCUT2D eigenvalue weighted by molar-refractivity contribution is 5.44. The zero-order valence-electron chi connectivity index (χ0n) is 14.2. The Kier molecular flexibility index (Phi) is 6.44. The Labute approximate surface area is 138 Å². The molecule has 2 N–H and O–H groups in total. The van der Waals surface area contributed by atoms with Crippen LogP contribution in [-0.4, -0.2) is 32.2 Å². The lowest BCUT2D eigenvalue weighted by Gasteiger charge is -2.28. The van der Waals surface area contributed by atoms with Gasteiger partial charge in [-0.1, -0.05) is 36.4 Å². The minimum absolute atomic E-state index is 0.125. The summed E-state index contributed by atoms with van der Waals surface area (Å²) in [6, 6.07) is 16.6. The van der Waals surface area contributed by atoms with E-state index in [4.69, 9.17) is 15.2 Å². The van der Waals surface area contributed by atoms with Gasteiger partial charge in [0.2, 0.25) is 0 Å². The fourth-order valence-electron chi connectivity index (χ4n) is 2.72. The molecule has 1 unspecified atom stereocenters. The molecule has 2 aromatic carbocycles. The highest BCUT2D eigenvalue weighted by Gasteiger charge is 2.18. The Balaban J connectivity index is 2.19. The maximum atomic E-state index is 6.03. The van der Waals surface area contributed by atoms with Crippen molar-refractivity contribution in [1.82, 2.24) is 4.90 Å². The standard InChI is InChI=1S/C19H26N2O2/c1-4-23-18-11-10-16(12-19(18)22-3)17(13-20)21(2)14-15-8-6-5-7-9-15/h5-12,17H,4,13-14,20H2,1-3H3. The lowest BCUT2D eigenvalue weighted by Crippen LogP contribution is -2.30. The highest BCUT2D eigenvalue weighted by atomic mass is 16.5. The maximum absolute atomic E-state index is 6.03. The molecule has 124 valence electrons. The lowest BCUT2D eigenvalue weighted by molar-refractivity contribution is 0.240. The Morgan fingerprint density at radius 2 is 1.83 bits per heavy atom. The van der Waals surface area contributed by atoms with Crippen LogP contribution in [0, 0.1) is 0 Å². The Morgan fingerprint density at radius 1 is 1.09 bits per heavy atom. The predicted octanol–water partition coefficient (Wildman–Crippen LogP) is 3.23. The monoisotopic (exact) mass is 314 g/mol. The molecule has 0 heterocycles. The van der Waals surface area contributed by atoms with Crippen LogP contribution < -0.4 is 15.2 Å². The molecule has 0 fully saturated rings. The van der Waals surface area contributed by atoms with E-state index in [1.807, 2.05) is 25.1 Å². The normalized spacial score (nSPS) is 12.2. The summed E-state index contributed by atoms with van der Waals surface area (Å²) in [4.78, 5) is 2.25. The number of benzene rings is 2. The van der Waals surface area contributed by atoms with E-state index in [1.54, 1.807) is 7.11 Å².